The van der Waals surface area contributed by atoms with Crippen LogP contribution in [0.25, 0.3) is 0 Å². The van der Waals surface area contributed by atoms with E-state index in [9.17, 15) is 0 Å². The van der Waals surface area contributed by atoms with Gasteiger partial charge in [0.1, 0.15) is 6.54 Å². The molecule has 0 spiro atoms. The molecule has 0 aliphatic carbocycles. The highest BCUT2D eigenvalue weighted by Crippen LogP contribution is 2.14. The number of rotatable bonds is 2. The lowest BCUT2D eigenvalue weighted by molar-refractivity contribution is 1.31. The SMILES string of the molecule is N#CCNc1cccc(Br)c1. The van der Waals surface area contributed by atoms with E-state index < -0.39 is 0 Å². The molecule has 11 heavy (non-hydrogen) atoms. The van der Waals surface area contributed by atoms with E-state index in [4.69, 9.17) is 5.26 Å². The second kappa shape index (κ2) is 3.99. The molecule has 0 unspecified atom stereocenters. The van der Waals surface area contributed by atoms with Gasteiger partial charge in [-0.05, 0) is 18.2 Å². The standard InChI is InChI=1S/C8H7BrN2/c9-7-2-1-3-8(6-7)11-5-4-10/h1-3,6,11H,5H2. The Hall–Kier alpha value is -1.01. The number of anilines is 1. The Morgan fingerprint density at radius 2 is 2.36 bits per heavy atom. The summed E-state index contributed by atoms with van der Waals surface area (Å²) in [5.74, 6) is 0. The molecule has 0 amide bonds. The fourth-order valence-corrected chi connectivity index (χ4v) is 1.14. The summed E-state index contributed by atoms with van der Waals surface area (Å²) in [6.45, 7) is 0.344. The Labute approximate surface area is 74.0 Å². The normalized spacial score (nSPS) is 8.73. The number of hydrogen-bond acceptors (Lipinski definition) is 2. The lowest BCUT2D eigenvalue weighted by atomic mass is 10.3. The molecule has 0 saturated heterocycles. The fourth-order valence-electron chi connectivity index (χ4n) is 0.740. The van der Waals surface area contributed by atoms with E-state index in [2.05, 4.69) is 21.2 Å². The van der Waals surface area contributed by atoms with E-state index in [1.165, 1.54) is 0 Å². The Bertz CT molecular complexity index is 278. The minimum absolute atomic E-state index is 0.344. The second-order valence-electron chi connectivity index (χ2n) is 2.02. The molecule has 0 saturated carbocycles. The molecule has 1 N–H and O–H groups in total. The van der Waals surface area contributed by atoms with Crippen LogP contribution in [0.1, 0.15) is 0 Å². The van der Waals surface area contributed by atoms with E-state index in [0.717, 1.165) is 10.2 Å². The third-order valence-corrected chi connectivity index (χ3v) is 1.69. The van der Waals surface area contributed by atoms with Crippen LogP contribution >= 0.6 is 15.9 Å². The molecule has 0 fully saturated rings. The minimum atomic E-state index is 0.344. The molecule has 0 radical (unpaired) electrons. The zero-order chi connectivity index (χ0) is 8.10. The summed E-state index contributed by atoms with van der Waals surface area (Å²) in [6.07, 6.45) is 0. The molecule has 3 heteroatoms. The number of nitrogens with one attached hydrogen (secondary N) is 1. The summed E-state index contributed by atoms with van der Waals surface area (Å²) < 4.78 is 1.01. The van der Waals surface area contributed by atoms with Crippen LogP contribution in [0.15, 0.2) is 28.7 Å². The van der Waals surface area contributed by atoms with Gasteiger partial charge in [-0.15, -0.1) is 0 Å². The lowest BCUT2D eigenvalue weighted by Gasteiger charge is -2.00. The Kier molecular flexibility index (Phi) is 2.94. The molecule has 1 aromatic carbocycles. The zero-order valence-electron chi connectivity index (χ0n) is 5.84. The van der Waals surface area contributed by atoms with Crippen molar-refractivity contribution in [3.05, 3.63) is 28.7 Å². The summed E-state index contributed by atoms with van der Waals surface area (Å²) in [5.41, 5.74) is 0.959. The van der Waals surface area contributed by atoms with Crippen molar-refractivity contribution in [1.29, 1.82) is 5.26 Å². The summed E-state index contributed by atoms with van der Waals surface area (Å²) in [7, 11) is 0. The fraction of sp³-hybridized carbons (Fsp3) is 0.125. The molecule has 56 valence electrons. The quantitative estimate of drug-likeness (QED) is 0.762. The Balaban J connectivity index is 2.65. The first kappa shape index (κ1) is 8.09. The second-order valence-corrected chi connectivity index (χ2v) is 2.94. The van der Waals surface area contributed by atoms with Gasteiger partial charge in [-0.25, -0.2) is 0 Å². The number of benzene rings is 1. The summed E-state index contributed by atoms with van der Waals surface area (Å²) in [4.78, 5) is 0. The van der Waals surface area contributed by atoms with Gasteiger partial charge in [0.2, 0.25) is 0 Å². The molecule has 0 aliphatic heterocycles. The summed E-state index contributed by atoms with van der Waals surface area (Å²) >= 11 is 3.33. The molecule has 0 bridgehead atoms. The highest BCUT2D eigenvalue weighted by molar-refractivity contribution is 9.10. The molecule has 1 rings (SSSR count). The van der Waals surface area contributed by atoms with Gasteiger partial charge in [-0.1, -0.05) is 22.0 Å². The van der Waals surface area contributed by atoms with Crippen LogP contribution in [-0.4, -0.2) is 6.54 Å². The van der Waals surface area contributed by atoms with E-state index >= 15 is 0 Å². The van der Waals surface area contributed by atoms with Crippen molar-refractivity contribution in [2.45, 2.75) is 0 Å². The first-order valence-electron chi connectivity index (χ1n) is 3.19. The number of nitriles is 1. The van der Waals surface area contributed by atoms with Crippen molar-refractivity contribution in [1.82, 2.24) is 0 Å². The van der Waals surface area contributed by atoms with Gasteiger partial charge in [-0.2, -0.15) is 5.26 Å². The van der Waals surface area contributed by atoms with Gasteiger partial charge in [0.15, 0.2) is 0 Å². The predicted molar refractivity (Wildman–Crippen MR) is 48.2 cm³/mol. The van der Waals surface area contributed by atoms with Crippen molar-refractivity contribution < 1.29 is 0 Å². The average molecular weight is 211 g/mol. The highest BCUT2D eigenvalue weighted by atomic mass is 79.9. The van der Waals surface area contributed by atoms with Crippen molar-refractivity contribution in [3.8, 4) is 6.07 Å². The van der Waals surface area contributed by atoms with Crippen molar-refractivity contribution >= 4 is 21.6 Å². The maximum Gasteiger partial charge on any atom is 0.103 e. The van der Waals surface area contributed by atoms with Crippen LogP contribution in [0, 0.1) is 11.3 Å². The van der Waals surface area contributed by atoms with E-state index in [1.807, 2.05) is 30.3 Å². The van der Waals surface area contributed by atoms with E-state index in [1.54, 1.807) is 0 Å². The van der Waals surface area contributed by atoms with Gasteiger partial charge >= 0.3 is 0 Å². The lowest BCUT2D eigenvalue weighted by Crippen LogP contribution is -1.97. The van der Waals surface area contributed by atoms with Gasteiger partial charge in [-0.3, -0.25) is 0 Å². The van der Waals surface area contributed by atoms with Crippen LogP contribution < -0.4 is 5.32 Å². The van der Waals surface area contributed by atoms with Crippen molar-refractivity contribution in [2.75, 3.05) is 11.9 Å². The number of halogens is 1. The molecular weight excluding hydrogens is 204 g/mol. The van der Waals surface area contributed by atoms with Crippen LogP contribution in [0.4, 0.5) is 5.69 Å². The molecular formula is C8H7BrN2. The summed E-state index contributed by atoms with van der Waals surface area (Å²) in [6, 6.07) is 9.72. The van der Waals surface area contributed by atoms with Crippen LogP contribution in [0.2, 0.25) is 0 Å². The maximum absolute atomic E-state index is 8.27. The third kappa shape index (κ3) is 2.60. The highest BCUT2D eigenvalue weighted by Gasteiger charge is 1.89. The maximum atomic E-state index is 8.27. The smallest absolute Gasteiger partial charge is 0.103 e. The summed E-state index contributed by atoms with van der Waals surface area (Å²) in [5, 5.41) is 11.2. The number of hydrogen-bond donors (Lipinski definition) is 1. The molecule has 0 aromatic heterocycles. The Morgan fingerprint density at radius 1 is 1.55 bits per heavy atom. The number of nitrogens with zero attached hydrogens (tertiary/aromatic N) is 1. The minimum Gasteiger partial charge on any atom is -0.372 e. The van der Waals surface area contributed by atoms with Crippen LogP contribution in [-0.2, 0) is 0 Å². The molecule has 0 atom stereocenters. The predicted octanol–water partition coefficient (Wildman–Crippen LogP) is 2.38. The molecule has 0 aliphatic rings. The molecule has 1 aromatic rings. The van der Waals surface area contributed by atoms with E-state index in [0.29, 0.717) is 6.54 Å². The average Bonchev–Trinajstić information content (AvgIpc) is 2.01. The van der Waals surface area contributed by atoms with E-state index in [-0.39, 0.29) is 0 Å². The van der Waals surface area contributed by atoms with Crippen molar-refractivity contribution in [3.63, 3.8) is 0 Å². The monoisotopic (exact) mass is 210 g/mol. The van der Waals surface area contributed by atoms with Crippen molar-refractivity contribution in [2.24, 2.45) is 0 Å². The molecule has 0 heterocycles. The zero-order valence-corrected chi connectivity index (χ0v) is 7.43. The first-order chi connectivity index (χ1) is 5.33. The first-order valence-corrected chi connectivity index (χ1v) is 3.98. The third-order valence-electron chi connectivity index (χ3n) is 1.20. The topological polar surface area (TPSA) is 35.8 Å². The van der Waals surface area contributed by atoms with Gasteiger partial charge in [0.05, 0.1) is 6.07 Å². The van der Waals surface area contributed by atoms with Gasteiger partial charge in [0.25, 0.3) is 0 Å². The largest absolute Gasteiger partial charge is 0.372 e. The molecule has 2 nitrogen and oxygen atoms in total. The van der Waals surface area contributed by atoms with Crippen LogP contribution in [0.5, 0.6) is 0 Å². The van der Waals surface area contributed by atoms with Crippen LogP contribution in [0.3, 0.4) is 0 Å². The Morgan fingerprint density at radius 3 is 3.00 bits per heavy atom. The van der Waals surface area contributed by atoms with Gasteiger partial charge < -0.3 is 5.32 Å². The van der Waals surface area contributed by atoms with Gasteiger partial charge in [0, 0.05) is 10.2 Å².